The summed E-state index contributed by atoms with van der Waals surface area (Å²) >= 11 is 3.38. The van der Waals surface area contributed by atoms with Crippen LogP contribution in [0.5, 0.6) is 0 Å². The molecule has 26 heavy (non-hydrogen) atoms. The van der Waals surface area contributed by atoms with Gasteiger partial charge in [0.05, 0.1) is 12.2 Å². The van der Waals surface area contributed by atoms with Crippen LogP contribution in [0.3, 0.4) is 0 Å². The van der Waals surface area contributed by atoms with Crippen molar-refractivity contribution < 1.29 is 9.59 Å². The minimum absolute atomic E-state index is 0.0989. The van der Waals surface area contributed by atoms with Crippen molar-refractivity contribution in [1.29, 1.82) is 0 Å². The van der Waals surface area contributed by atoms with E-state index < -0.39 is 0 Å². The number of hydrogen-bond donors (Lipinski definition) is 3. The first-order valence-corrected chi connectivity index (χ1v) is 8.81. The lowest BCUT2D eigenvalue weighted by molar-refractivity contribution is -0.120. The zero-order valence-corrected chi connectivity index (χ0v) is 15.4. The van der Waals surface area contributed by atoms with E-state index in [0.29, 0.717) is 17.9 Å². The van der Waals surface area contributed by atoms with Crippen molar-refractivity contribution in [3.8, 4) is 11.3 Å². The van der Waals surface area contributed by atoms with Crippen LogP contribution in [-0.2, 0) is 11.3 Å². The molecule has 0 aliphatic rings. The Balaban J connectivity index is 1.50. The summed E-state index contributed by atoms with van der Waals surface area (Å²) in [4.78, 5) is 24.0. The van der Waals surface area contributed by atoms with Crippen LogP contribution in [0.2, 0.25) is 0 Å². The van der Waals surface area contributed by atoms with Crippen molar-refractivity contribution >= 4 is 27.7 Å². The second-order valence-corrected chi connectivity index (χ2v) is 6.53. The Bertz CT molecular complexity index is 891. The minimum Gasteiger partial charge on any atom is -0.350 e. The van der Waals surface area contributed by atoms with Crippen LogP contribution >= 0.6 is 15.9 Å². The standard InChI is InChI=1S/C19H17BrN4O2/c20-15-8-6-14(7-9-15)16-10-17(24-23-16)19(26)22-12-18(25)21-11-13-4-2-1-3-5-13/h1-10H,11-12H2,(H,21,25)(H,22,26)(H,23,24). The molecule has 0 saturated heterocycles. The molecule has 0 fully saturated rings. The summed E-state index contributed by atoms with van der Waals surface area (Å²) in [5.41, 5.74) is 2.86. The number of carbonyl (C=O) groups excluding carboxylic acids is 2. The van der Waals surface area contributed by atoms with Gasteiger partial charge in [-0.25, -0.2) is 0 Å². The van der Waals surface area contributed by atoms with E-state index in [1.54, 1.807) is 6.07 Å². The fraction of sp³-hybridized carbons (Fsp3) is 0.105. The number of hydrogen-bond acceptors (Lipinski definition) is 3. The number of aromatic amines is 1. The number of benzene rings is 2. The number of amides is 2. The highest BCUT2D eigenvalue weighted by Gasteiger charge is 2.12. The molecular formula is C19H17BrN4O2. The Kier molecular flexibility index (Phi) is 5.80. The lowest BCUT2D eigenvalue weighted by Gasteiger charge is -2.06. The van der Waals surface area contributed by atoms with E-state index >= 15 is 0 Å². The summed E-state index contributed by atoms with van der Waals surface area (Å²) in [5, 5.41) is 12.2. The third kappa shape index (κ3) is 4.80. The van der Waals surface area contributed by atoms with E-state index in [2.05, 4.69) is 36.8 Å². The van der Waals surface area contributed by atoms with Crippen molar-refractivity contribution in [2.75, 3.05) is 6.54 Å². The van der Waals surface area contributed by atoms with Crippen molar-refractivity contribution in [3.63, 3.8) is 0 Å². The zero-order valence-electron chi connectivity index (χ0n) is 13.8. The van der Waals surface area contributed by atoms with Crippen molar-refractivity contribution in [2.45, 2.75) is 6.54 Å². The molecule has 3 rings (SSSR count). The van der Waals surface area contributed by atoms with Crippen molar-refractivity contribution in [1.82, 2.24) is 20.8 Å². The number of H-pyrrole nitrogens is 1. The summed E-state index contributed by atoms with van der Waals surface area (Å²) in [7, 11) is 0. The highest BCUT2D eigenvalue weighted by atomic mass is 79.9. The molecule has 7 heteroatoms. The van der Waals surface area contributed by atoms with Gasteiger partial charge in [-0.3, -0.25) is 14.7 Å². The van der Waals surface area contributed by atoms with Crippen LogP contribution in [0.4, 0.5) is 0 Å². The first-order chi connectivity index (χ1) is 12.6. The van der Waals surface area contributed by atoms with Gasteiger partial charge < -0.3 is 10.6 Å². The van der Waals surface area contributed by atoms with E-state index in [-0.39, 0.29) is 18.4 Å². The van der Waals surface area contributed by atoms with Crippen LogP contribution in [0.25, 0.3) is 11.3 Å². The predicted molar refractivity (Wildman–Crippen MR) is 102 cm³/mol. The topological polar surface area (TPSA) is 86.9 Å². The van der Waals surface area contributed by atoms with Crippen LogP contribution < -0.4 is 10.6 Å². The lowest BCUT2D eigenvalue weighted by Crippen LogP contribution is -2.36. The molecule has 132 valence electrons. The molecule has 2 amide bonds. The Morgan fingerprint density at radius 1 is 1.00 bits per heavy atom. The molecule has 0 atom stereocenters. The fourth-order valence-corrected chi connectivity index (χ4v) is 2.59. The lowest BCUT2D eigenvalue weighted by atomic mass is 10.1. The zero-order chi connectivity index (χ0) is 18.4. The van der Waals surface area contributed by atoms with Gasteiger partial charge in [-0.2, -0.15) is 5.10 Å². The van der Waals surface area contributed by atoms with Crippen LogP contribution in [0.1, 0.15) is 16.1 Å². The summed E-state index contributed by atoms with van der Waals surface area (Å²) < 4.78 is 0.969. The Labute approximate surface area is 159 Å². The first-order valence-electron chi connectivity index (χ1n) is 8.02. The van der Waals surface area contributed by atoms with Gasteiger partial charge in [0.25, 0.3) is 5.91 Å². The summed E-state index contributed by atoms with van der Waals surface area (Å²) in [6.45, 7) is 0.325. The Hall–Kier alpha value is -2.93. The molecule has 0 radical (unpaired) electrons. The highest BCUT2D eigenvalue weighted by Crippen LogP contribution is 2.20. The fourth-order valence-electron chi connectivity index (χ4n) is 2.32. The van der Waals surface area contributed by atoms with E-state index in [9.17, 15) is 9.59 Å². The monoisotopic (exact) mass is 412 g/mol. The minimum atomic E-state index is -0.379. The van der Waals surface area contributed by atoms with Gasteiger partial charge in [0.15, 0.2) is 0 Å². The Morgan fingerprint density at radius 2 is 1.73 bits per heavy atom. The molecule has 0 aliphatic carbocycles. The number of aromatic nitrogens is 2. The largest absolute Gasteiger partial charge is 0.350 e. The molecule has 1 heterocycles. The maximum atomic E-state index is 12.2. The normalized spacial score (nSPS) is 10.3. The van der Waals surface area contributed by atoms with E-state index in [1.807, 2.05) is 54.6 Å². The molecule has 0 bridgehead atoms. The number of nitrogens with zero attached hydrogens (tertiary/aromatic N) is 1. The average Bonchev–Trinajstić information content (AvgIpc) is 3.16. The van der Waals surface area contributed by atoms with Crippen LogP contribution in [0.15, 0.2) is 65.1 Å². The maximum Gasteiger partial charge on any atom is 0.269 e. The second kappa shape index (κ2) is 8.44. The van der Waals surface area contributed by atoms with E-state index in [0.717, 1.165) is 15.6 Å². The molecule has 0 unspecified atom stereocenters. The average molecular weight is 413 g/mol. The highest BCUT2D eigenvalue weighted by molar-refractivity contribution is 9.10. The Morgan fingerprint density at radius 3 is 2.46 bits per heavy atom. The van der Waals surface area contributed by atoms with Gasteiger partial charge in [0.1, 0.15) is 5.69 Å². The second-order valence-electron chi connectivity index (χ2n) is 5.62. The number of rotatable bonds is 6. The molecule has 1 aromatic heterocycles. The summed E-state index contributed by atoms with van der Waals surface area (Å²) in [5.74, 6) is -0.634. The molecular weight excluding hydrogens is 396 g/mol. The number of carbonyl (C=O) groups is 2. The van der Waals surface area contributed by atoms with Gasteiger partial charge in [0, 0.05) is 16.6 Å². The molecule has 0 saturated carbocycles. The van der Waals surface area contributed by atoms with Crippen molar-refractivity contribution in [2.24, 2.45) is 0 Å². The maximum absolute atomic E-state index is 12.2. The SMILES string of the molecule is O=C(CNC(=O)c1cc(-c2ccc(Br)cc2)n[nH]1)NCc1ccccc1. The molecule has 3 aromatic rings. The molecule has 0 aliphatic heterocycles. The van der Waals surface area contributed by atoms with E-state index in [4.69, 9.17) is 0 Å². The quantitative estimate of drug-likeness (QED) is 0.581. The van der Waals surface area contributed by atoms with Gasteiger partial charge in [-0.05, 0) is 23.8 Å². The molecule has 2 aromatic carbocycles. The summed E-state index contributed by atoms with van der Waals surface area (Å²) in [6.07, 6.45) is 0. The van der Waals surface area contributed by atoms with Crippen molar-refractivity contribution in [3.05, 3.63) is 76.4 Å². The van der Waals surface area contributed by atoms with Gasteiger partial charge in [-0.15, -0.1) is 0 Å². The third-order valence-corrected chi connectivity index (χ3v) is 4.23. The molecule has 0 spiro atoms. The number of nitrogens with one attached hydrogen (secondary N) is 3. The first kappa shape index (κ1) is 17.9. The summed E-state index contributed by atoms with van der Waals surface area (Å²) in [6, 6.07) is 18.8. The predicted octanol–water partition coefficient (Wildman–Crippen LogP) is 2.89. The third-order valence-electron chi connectivity index (χ3n) is 3.70. The molecule has 6 nitrogen and oxygen atoms in total. The molecule has 3 N–H and O–H groups in total. The van der Waals surface area contributed by atoms with E-state index in [1.165, 1.54) is 0 Å². The smallest absolute Gasteiger partial charge is 0.269 e. The number of halogens is 1. The van der Waals surface area contributed by atoms with Gasteiger partial charge in [0.2, 0.25) is 5.91 Å². The van der Waals surface area contributed by atoms with Gasteiger partial charge in [-0.1, -0.05) is 58.4 Å². The van der Waals surface area contributed by atoms with Gasteiger partial charge >= 0.3 is 0 Å². The van der Waals surface area contributed by atoms with Crippen LogP contribution in [-0.4, -0.2) is 28.6 Å². The van der Waals surface area contributed by atoms with Crippen LogP contribution in [0, 0.1) is 0 Å².